The molecule has 1 aliphatic carbocycles. The van der Waals surface area contributed by atoms with Gasteiger partial charge in [-0.3, -0.25) is 13.9 Å². The van der Waals surface area contributed by atoms with Crippen LogP contribution in [0.3, 0.4) is 0 Å². The van der Waals surface area contributed by atoms with Crippen molar-refractivity contribution in [3.8, 4) is 0 Å². The van der Waals surface area contributed by atoms with Gasteiger partial charge in [-0.15, -0.1) is 12.4 Å². The standard InChI is InChI=1S/C39H47F5N4O5S.ClH/c1-5-8-29(9-6-2)48-15-12-31-32(21-30(22-33(31)37(48)51)47(3)54(4,52)53)36(50)46-34(18-24-16-27(40)20-28(41)17-24)35(49)23-45-38(13-14-38)25-10-7-11-26(19-25)39(42,43)44;/h7,10-11,16-17,19-22,29,34-35,45,49H,5-6,8-9,12-15,18,23H2,1-4H3,(H,46,50);1H/t34-,35-;/m0./s1. The molecule has 302 valence electrons. The van der Waals surface area contributed by atoms with Crippen molar-refractivity contribution < 1.29 is 45.1 Å². The number of hydrogen-bond acceptors (Lipinski definition) is 6. The van der Waals surface area contributed by atoms with Gasteiger partial charge in [0.25, 0.3) is 11.8 Å². The van der Waals surface area contributed by atoms with Crippen molar-refractivity contribution in [3.63, 3.8) is 0 Å². The molecule has 1 fully saturated rings. The monoisotopic (exact) mass is 814 g/mol. The maximum absolute atomic E-state index is 14.3. The molecule has 9 nitrogen and oxygen atoms in total. The Hall–Kier alpha value is -3.79. The number of benzene rings is 3. The second-order valence-corrected chi connectivity index (χ2v) is 16.4. The average molecular weight is 815 g/mol. The third kappa shape index (κ3) is 10.3. The maximum Gasteiger partial charge on any atom is 0.416 e. The van der Waals surface area contributed by atoms with Crippen LogP contribution in [0.15, 0.2) is 54.6 Å². The van der Waals surface area contributed by atoms with Gasteiger partial charge in [-0.2, -0.15) is 13.2 Å². The first kappa shape index (κ1) is 43.9. The summed E-state index contributed by atoms with van der Waals surface area (Å²) in [6, 6.07) is 9.31. The minimum atomic E-state index is -4.55. The molecule has 0 aromatic heterocycles. The maximum atomic E-state index is 14.3. The molecule has 55 heavy (non-hydrogen) atoms. The van der Waals surface area contributed by atoms with Crippen LogP contribution in [0.2, 0.25) is 0 Å². The van der Waals surface area contributed by atoms with Gasteiger partial charge in [0, 0.05) is 48.9 Å². The highest BCUT2D eigenvalue weighted by molar-refractivity contribution is 7.92. The summed E-state index contributed by atoms with van der Waals surface area (Å²) in [7, 11) is -2.53. The van der Waals surface area contributed by atoms with Gasteiger partial charge < -0.3 is 20.6 Å². The minimum absolute atomic E-state index is 0. The van der Waals surface area contributed by atoms with E-state index in [1.54, 1.807) is 11.0 Å². The molecule has 2 atom stereocenters. The molecule has 3 aromatic carbocycles. The fourth-order valence-corrected chi connectivity index (χ4v) is 7.78. The number of nitrogens with one attached hydrogen (secondary N) is 2. The van der Waals surface area contributed by atoms with Crippen molar-refractivity contribution in [1.29, 1.82) is 0 Å². The SMILES string of the molecule is CCCC(CCC)N1CCc2c(C(=O)N[C@@H](Cc3cc(F)cc(F)c3)[C@@H](O)CNC3(c4cccc(C(F)(F)F)c4)CC3)cc(N(C)S(C)(=O)=O)cc2C1=O.Cl. The highest BCUT2D eigenvalue weighted by Gasteiger charge is 2.45. The van der Waals surface area contributed by atoms with Gasteiger partial charge in [0.2, 0.25) is 10.0 Å². The number of amides is 2. The first-order valence-electron chi connectivity index (χ1n) is 18.1. The zero-order valence-corrected chi connectivity index (χ0v) is 32.8. The molecule has 16 heteroatoms. The highest BCUT2D eigenvalue weighted by Crippen LogP contribution is 2.46. The Balaban J connectivity index is 0.00000673. The smallest absolute Gasteiger partial charge is 0.390 e. The number of rotatable bonds is 16. The molecular weight excluding hydrogens is 767 g/mol. The van der Waals surface area contributed by atoms with E-state index >= 15 is 0 Å². The molecule has 0 bridgehead atoms. The number of carbonyl (C=O) groups is 2. The first-order valence-corrected chi connectivity index (χ1v) is 20.0. The van der Waals surface area contributed by atoms with Crippen LogP contribution < -0.4 is 14.9 Å². The summed E-state index contributed by atoms with van der Waals surface area (Å²) in [6.07, 6.45) is -0.712. The predicted octanol–water partition coefficient (Wildman–Crippen LogP) is 6.75. The summed E-state index contributed by atoms with van der Waals surface area (Å²) in [5.41, 5.74) is -0.511. The lowest BCUT2D eigenvalue weighted by Gasteiger charge is -2.37. The van der Waals surface area contributed by atoms with Crippen molar-refractivity contribution in [2.45, 2.75) is 95.1 Å². The van der Waals surface area contributed by atoms with Crippen LogP contribution in [-0.4, -0.2) is 74.8 Å². The predicted molar refractivity (Wildman–Crippen MR) is 203 cm³/mol. The number of aliphatic hydroxyl groups is 1. The molecule has 3 N–H and O–H groups in total. The van der Waals surface area contributed by atoms with E-state index in [0.29, 0.717) is 43.0 Å². The molecule has 0 spiro atoms. The summed E-state index contributed by atoms with van der Waals surface area (Å²) in [6.45, 7) is 4.17. The molecule has 2 amide bonds. The quantitative estimate of drug-likeness (QED) is 0.138. The van der Waals surface area contributed by atoms with Crippen LogP contribution in [0, 0.1) is 11.6 Å². The van der Waals surface area contributed by atoms with Crippen molar-refractivity contribution in [3.05, 3.63) is 99.6 Å². The Bertz CT molecular complexity index is 1950. The number of alkyl halides is 3. The average Bonchev–Trinajstić information content (AvgIpc) is 3.90. The Labute approximate surface area is 325 Å². The minimum Gasteiger partial charge on any atom is -0.390 e. The fourth-order valence-electron chi connectivity index (χ4n) is 7.29. The van der Waals surface area contributed by atoms with Gasteiger partial charge >= 0.3 is 6.18 Å². The number of aliphatic hydroxyl groups excluding tert-OH is 1. The number of sulfonamides is 1. The molecule has 0 saturated heterocycles. The van der Waals surface area contributed by atoms with Crippen molar-refractivity contribution in [1.82, 2.24) is 15.5 Å². The third-order valence-corrected chi connectivity index (χ3v) is 11.6. The van der Waals surface area contributed by atoms with Crippen molar-refractivity contribution in [2.75, 3.05) is 30.7 Å². The molecule has 0 radical (unpaired) electrons. The molecule has 0 unspecified atom stereocenters. The van der Waals surface area contributed by atoms with Gasteiger partial charge in [-0.1, -0.05) is 38.8 Å². The first-order chi connectivity index (χ1) is 25.4. The van der Waals surface area contributed by atoms with E-state index in [4.69, 9.17) is 0 Å². The van der Waals surface area contributed by atoms with Gasteiger partial charge in [0.05, 0.1) is 29.7 Å². The van der Waals surface area contributed by atoms with E-state index in [1.807, 2.05) is 13.8 Å². The molecule has 2 aliphatic rings. The van der Waals surface area contributed by atoms with Crippen LogP contribution >= 0.6 is 12.4 Å². The summed E-state index contributed by atoms with van der Waals surface area (Å²) in [4.78, 5) is 30.1. The lowest BCUT2D eigenvalue weighted by Crippen LogP contribution is -2.50. The van der Waals surface area contributed by atoms with Gasteiger partial charge in [0.1, 0.15) is 11.6 Å². The lowest BCUT2D eigenvalue weighted by molar-refractivity contribution is -0.137. The van der Waals surface area contributed by atoms with Crippen LogP contribution in [-0.2, 0) is 34.6 Å². The Morgan fingerprint density at radius 3 is 2.22 bits per heavy atom. The van der Waals surface area contributed by atoms with E-state index in [1.165, 1.54) is 25.2 Å². The number of hydrogen-bond donors (Lipinski definition) is 3. The number of nitrogens with zero attached hydrogens (tertiary/aromatic N) is 2. The summed E-state index contributed by atoms with van der Waals surface area (Å²) >= 11 is 0. The molecule has 1 aliphatic heterocycles. The van der Waals surface area contributed by atoms with E-state index in [2.05, 4.69) is 10.6 Å². The normalized spacial score (nSPS) is 16.3. The van der Waals surface area contributed by atoms with Crippen LogP contribution in [0.4, 0.5) is 27.6 Å². The van der Waals surface area contributed by atoms with E-state index in [9.17, 15) is 45.1 Å². The summed E-state index contributed by atoms with van der Waals surface area (Å²) in [5, 5.41) is 17.5. The number of anilines is 1. The van der Waals surface area contributed by atoms with Crippen molar-refractivity contribution in [2.24, 2.45) is 0 Å². The molecular formula is C39H48ClF5N4O5S. The molecule has 5 rings (SSSR count). The Kier molecular flexibility index (Phi) is 14.0. The zero-order chi connectivity index (χ0) is 39.6. The molecule has 1 saturated carbocycles. The van der Waals surface area contributed by atoms with E-state index in [0.717, 1.165) is 60.5 Å². The Morgan fingerprint density at radius 2 is 1.65 bits per heavy atom. The van der Waals surface area contributed by atoms with Crippen molar-refractivity contribution >= 4 is 39.9 Å². The van der Waals surface area contributed by atoms with E-state index in [-0.39, 0.29) is 59.7 Å². The van der Waals surface area contributed by atoms with Crippen LogP contribution in [0.5, 0.6) is 0 Å². The largest absolute Gasteiger partial charge is 0.416 e. The number of fused-ring (bicyclic) bond motifs is 1. The van der Waals surface area contributed by atoms with Gasteiger partial charge in [-0.05, 0) is 91.6 Å². The molecule has 1 heterocycles. The zero-order valence-electron chi connectivity index (χ0n) is 31.2. The van der Waals surface area contributed by atoms with Crippen LogP contribution in [0.25, 0.3) is 0 Å². The second-order valence-electron chi connectivity index (χ2n) is 14.4. The molecule has 3 aromatic rings. The van der Waals surface area contributed by atoms with Crippen LogP contribution in [0.1, 0.15) is 95.3 Å². The number of carbonyl (C=O) groups excluding carboxylic acids is 2. The van der Waals surface area contributed by atoms with E-state index < -0.39 is 57.0 Å². The fraction of sp³-hybridized carbons (Fsp3) is 0.487. The highest BCUT2D eigenvalue weighted by atomic mass is 35.5. The summed E-state index contributed by atoms with van der Waals surface area (Å²) in [5.74, 6) is -2.83. The second kappa shape index (κ2) is 17.6. The van der Waals surface area contributed by atoms with Gasteiger partial charge in [-0.25, -0.2) is 17.2 Å². The Morgan fingerprint density at radius 1 is 1.02 bits per heavy atom. The summed E-state index contributed by atoms with van der Waals surface area (Å²) < 4.78 is 95.2. The van der Waals surface area contributed by atoms with Gasteiger partial charge in [0.15, 0.2) is 0 Å². The lowest BCUT2D eigenvalue weighted by atomic mass is 9.90. The third-order valence-electron chi connectivity index (χ3n) is 10.4. The topological polar surface area (TPSA) is 119 Å². The number of halogens is 6.